The van der Waals surface area contributed by atoms with Crippen molar-refractivity contribution in [1.29, 1.82) is 0 Å². The highest BCUT2D eigenvalue weighted by molar-refractivity contribution is 5.79. The quantitative estimate of drug-likeness (QED) is 0.621. The Kier molecular flexibility index (Phi) is 6.38. The number of aromatic nitrogens is 1. The standard InChI is InChI=1S/C18H26FN5O/c1-12(2)16-9-14(25-23-16)11-22-18(20-3)21-10-13-6-7-17(24(4)5)15(19)8-13/h6-9,12H,10-11H2,1-5H3,(H2,20,21,22). The van der Waals surface area contributed by atoms with Gasteiger partial charge in [0.05, 0.1) is 17.9 Å². The molecule has 0 aliphatic heterocycles. The van der Waals surface area contributed by atoms with Crippen molar-refractivity contribution in [3.05, 3.63) is 47.1 Å². The van der Waals surface area contributed by atoms with Crippen LogP contribution in [0, 0.1) is 5.82 Å². The molecule has 0 aliphatic carbocycles. The Morgan fingerprint density at radius 3 is 2.52 bits per heavy atom. The predicted octanol–water partition coefficient (Wildman–Crippen LogP) is 2.87. The summed E-state index contributed by atoms with van der Waals surface area (Å²) in [5, 5.41) is 10.3. The van der Waals surface area contributed by atoms with Gasteiger partial charge in [-0.25, -0.2) is 4.39 Å². The fourth-order valence-corrected chi connectivity index (χ4v) is 2.28. The van der Waals surface area contributed by atoms with Crippen LogP contribution in [-0.2, 0) is 13.1 Å². The summed E-state index contributed by atoms with van der Waals surface area (Å²) in [6.45, 7) is 5.08. The van der Waals surface area contributed by atoms with Gasteiger partial charge in [0.25, 0.3) is 0 Å². The van der Waals surface area contributed by atoms with Gasteiger partial charge in [-0.05, 0) is 23.6 Å². The van der Waals surface area contributed by atoms with Crippen molar-refractivity contribution in [1.82, 2.24) is 15.8 Å². The number of nitrogens with zero attached hydrogens (tertiary/aromatic N) is 3. The molecule has 0 atom stereocenters. The van der Waals surface area contributed by atoms with Gasteiger partial charge in [0, 0.05) is 33.8 Å². The molecule has 1 aromatic heterocycles. The number of aliphatic imine (C=N–C) groups is 1. The zero-order valence-corrected chi connectivity index (χ0v) is 15.4. The number of rotatable bonds is 6. The van der Waals surface area contributed by atoms with E-state index in [2.05, 4.69) is 34.6 Å². The monoisotopic (exact) mass is 347 g/mol. The van der Waals surface area contributed by atoms with Crippen LogP contribution in [0.2, 0.25) is 0 Å². The Balaban J connectivity index is 1.88. The normalized spacial score (nSPS) is 11.7. The molecule has 2 N–H and O–H groups in total. The van der Waals surface area contributed by atoms with E-state index in [-0.39, 0.29) is 5.82 Å². The van der Waals surface area contributed by atoms with E-state index in [4.69, 9.17) is 4.52 Å². The van der Waals surface area contributed by atoms with Gasteiger partial charge in [0.2, 0.25) is 0 Å². The first kappa shape index (κ1) is 18.8. The van der Waals surface area contributed by atoms with E-state index in [1.807, 2.05) is 26.2 Å². The van der Waals surface area contributed by atoms with Crippen molar-refractivity contribution in [2.75, 3.05) is 26.0 Å². The van der Waals surface area contributed by atoms with Gasteiger partial charge in [0.1, 0.15) is 5.82 Å². The van der Waals surface area contributed by atoms with Crippen molar-refractivity contribution in [2.45, 2.75) is 32.9 Å². The average molecular weight is 347 g/mol. The topological polar surface area (TPSA) is 65.7 Å². The lowest BCUT2D eigenvalue weighted by Gasteiger charge is -2.15. The molecule has 2 rings (SSSR count). The lowest BCUT2D eigenvalue weighted by atomic mass is 10.1. The first-order chi connectivity index (χ1) is 11.9. The number of nitrogens with one attached hydrogen (secondary N) is 2. The van der Waals surface area contributed by atoms with Crippen LogP contribution in [0.3, 0.4) is 0 Å². The van der Waals surface area contributed by atoms with E-state index in [1.54, 1.807) is 18.0 Å². The molecule has 7 heteroatoms. The highest BCUT2D eigenvalue weighted by atomic mass is 19.1. The van der Waals surface area contributed by atoms with Crippen LogP contribution in [-0.4, -0.2) is 32.3 Å². The van der Waals surface area contributed by atoms with Crippen molar-refractivity contribution < 1.29 is 8.91 Å². The van der Waals surface area contributed by atoms with Crippen LogP contribution < -0.4 is 15.5 Å². The van der Waals surface area contributed by atoms with E-state index in [0.717, 1.165) is 17.0 Å². The van der Waals surface area contributed by atoms with Crippen molar-refractivity contribution in [3.63, 3.8) is 0 Å². The van der Waals surface area contributed by atoms with E-state index in [1.165, 1.54) is 6.07 Å². The minimum Gasteiger partial charge on any atom is -0.375 e. The lowest BCUT2D eigenvalue weighted by Crippen LogP contribution is -2.36. The van der Waals surface area contributed by atoms with Crippen LogP contribution in [0.25, 0.3) is 0 Å². The minimum absolute atomic E-state index is 0.241. The van der Waals surface area contributed by atoms with Crippen molar-refractivity contribution in [3.8, 4) is 0 Å². The molecule has 0 radical (unpaired) electrons. The lowest BCUT2D eigenvalue weighted by molar-refractivity contribution is 0.372. The van der Waals surface area contributed by atoms with Crippen LogP contribution in [0.5, 0.6) is 0 Å². The molecule has 0 saturated carbocycles. The molecule has 2 aromatic rings. The van der Waals surface area contributed by atoms with Crippen molar-refractivity contribution in [2.24, 2.45) is 4.99 Å². The van der Waals surface area contributed by atoms with Crippen LogP contribution in [0.15, 0.2) is 33.8 Å². The number of benzene rings is 1. The molecule has 0 spiro atoms. The molecular formula is C18H26FN5O. The fourth-order valence-electron chi connectivity index (χ4n) is 2.28. The van der Waals surface area contributed by atoms with Crippen LogP contribution in [0.4, 0.5) is 10.1 Å². The summed E-state index contributed by atoms with van der Waals surface area (Å²) in [7, 11) is 5.32. The van der Waals surface area contributed by atoms with Gasteiger partial charge < -0.3 is 20.1 Å². The number of anilines is 1. The fraction of sp³-hybridized carbons (Fsp3) is 0.444. The van der Waals surface area contributed by atoms with Crippen molar-refractivity contribution >= 4 is 11.6 Å². The second-order valence-electron chi connectivity index (χ2n) is 6.33. The third kappa shape index (κ3) is 5.20. The highest BCUT2D eigenvalue weighted by Gasteiger charge is 2.09. The third-order valence-corrected chi connectivity index (χ3v) is 3.78. The zero-order chi connectivity index (χ0) is 18.4. The number of hydrogen-bond acceptors (Lipinski definition) is 4. The first-order valence-corrected chi connectivity index (χ1v) is 8.26. The largest absolute Gasteiger partial charge is 0.375 e. The zero-order valence-electron chi connectivity index (χ0n) is 15.4. The molecule has 0 aliphatic rings. The molecule has 0 bridgehead atoms. The predicted molar refractivity (Wildman–Crippen MR) is 98.4 cm³/mol. The third-order valence-electron chi connectivity index (χ3n) is 3.78. The van der Waals surface area contributed by atoms with Crippen LogP contribution >= 0.6 is 0 Å². The minimum atomic E-state index is -0.241. The van der Waals surface area contributed by atoms with E-state index in [9.17, 15) is 4.39 Å². The second kappa shape index (κ2) is 8.50. The van der Waals surface area contributed by atoms with E-state index < -0.39 is 0 Å². The number of guanidine groups is 1. The van der Waals surface area contributed by atoms with Gasteiger partial charge in [-0.2, -0.15) is 0 Å². The molecule has 0 unspecified atom stereocenters. The molecule has 6 nitrogen and oxygen atoms in total. The first-order valence-electron chi connectivity index (χ1n) is 8.26. The maximum Gasteiger partial charge on any atom is 0.191 e. The Labute approximate surface area is 148 Å². The van der Waals surface area contributed by atoms with Gasteiger partial charge >= 0.3 is 0 Å². The summed E-state index contributed by atoms with van der Waals surface area (Å²) in [6.07, 6.45) is 0. The Hall–Kier alpha value is -2.57. The van der Waals surface area contributed by atoms with E-state index >= 15 is 0 Å². The SMILES string of the molecule is CN=C(NCc1ccc(N(C)C)c(F)c1)NCc1cc(C(C)C)no1. The molecule has 1 heterocycles. The Bertz CT molecular complexity index is 724. The van der Waals surface area contributed by atoms with Gasteiger partial charge in [-0.1, -0.05) is 25.1 Å². The molecule has 136 valence electrons. The second-order valence-corrected chi connectivity index (χ2v) is 6.33. The van der Waals surface area contributed by atoms with Gasteiger partial charge in [-0.15, -0.1) is 0 Å². The summed E-state index contributed by atoms with van der Waals surface area (Å²) < 4.78 is 19.3. The number of hydrogen-bond donors (Lipinski definition) is 2. The molecule has 0 fully saturated rings. The molecule has 0 saturated heterocycles. The molecular weight excluding hydrogens is 321 g/mol. The van der Waals surface area contributed by atoms with E-state index in [0.29, 0.717) is 30.7 Å². The summed E-state index contributed by atoms with van der Waals surface area (Å²) in [5.74, 6) is 1.44. The Morgan fingerprint density at radius 2 is 1.96 bits per heavy atom. The molecule has 1 aromatic carbocycles. The molecule has 0 amide bonds. The summed E-state index contributed by atoms with van der Waals surface area (Å²) >= 11 is 0. The van der Waals surface area contributed by atoms with Gasteiger partial charge in [-0.3, -0.25) is 4.99 Å². The van der Waals surface area contributed by atoms with Gasteiger partial charge in [0.15, 0.2) is 11.7 Å². The average Bonchev–Trinajstić information content (AvgIpc) is 3.04. The summed E-state index contributed by atoms with van der Waals surface area (Å²) in [6, 6.07) is 7.12. The Morgan fingerprint density at radius 1 is 1.24 bits per heavy atom. The summed E-state index contributed by atoms with van der Waals surface area (Å²) in [5.41, 5.74) is 2.33. The highest BCUT2D eigenvalue weighted by Crippen LogP contribution is 2.18. The molecule has 25 heavy (non-hydrogen) atoms. The maximum atomic E-state index is 14.0. The van der Waals surface area contributed by atoms with Crippen LogP contribution in [0.1, 0.15) is 36.8 Å². The summed E-state index contributed by atoms with van der Waals surface area (Å²) in [4.78, 5) is 5.90. The smallest absolute Gasteiger partial charge is 0.191 e. The maximum absolute atomic E-state index is 14.0. The number of halogens is 1.